The Labute approximate surface area is 296 Å². The minimum atomic E-state index is -1.03. The van der Waals surface area contributed by atoms with Crippen LogP contribution in [0.15, 0.2) is 36.9 Å². The Hall–Kier alpha value is -4.22. The number of nitrogens with zero attached hydrogens (tertiary/aromatic N) is 2. The quantitative estimate of drug-likeness (QED) is 0.163. The number of carbonyl (C=O) groups excluding carboxylic acids is 6. The summed E-state index contributed by atoms with van der Waals surface area (Å²) in [7, 11) is 0. The second-order valence-corrected chi connectivity index (χ2v) is 14.5. The second kappa shape index (κ2) is 18.1. The summed E-state index contributed by atoms with van der Waals surface area (Å²) in [5.41, 5.74) is 2.17. The van der Waals surface area contributed by atoms with Gasteiger partial charge in [-0.15, -0.1) is 6.58 Å². The van der Waals surface area contributed by atoms with Gasteiger partial charge in [0.1, 0.15) is 12.1 Å². The number of nitrogens with one attached hydrogen (secondary N) is 4. The van der Waals surface area contributed by atoms with Gasteiger partial charge in [0.15, 0.2) is 0 Å². The van der Waals surface area contributed by atoms with Crippen LogP contribution < -0.4 is 21.3 Å². The molecule has 0 radical (unpaired) electrons. The minimum absolute atomic E-state index is 0.00146. The molecule has 274 valence electrons. The van der Waals surface area contributed by atoms with Crippen LogP contribution in [-0.2, 0) is 37.1 Å². The van der Waals surface area contributed by atoms with Gasteiger partial charge in [0.25, 0.3) is 5.91 Å². The summed E-state index contributed by atoms with van der Waals surface area (Å²) in [6, 6.07) is 4.43. The number of carbonyl (C=O) groups is 6. The molecule has 5 atom stereocenters. The van der Waals surface area contributed by atoms with Crippen molar-refractivity contribution in [3.05, 3.63) is 48.0 Å². The van der Waals surface area contributed by atoms with Crippen molar-refractivity contribution >= 4 is 35.4 Å². The second-order valence-electron chi connectivity index (χ2n) is 14.5. The maximum atomic E-state index is 14.6. The minimum Gasteiger partial charge on any atom is -0.346 e. The van der Waals surface area contributed by atoms with Gasteiger partial charge in [0.2, 0.25) is 23.5 Å². The number of fused-ring (bicyclic) bond motifs is 1. The van der Waals surface area contributed by atoms with Crippen molar-refractivity contribution in [1.82, 2.24) is 31.1 Å². The third kappa shape index (κ3) is 9.51. The number of benzene rings is 1. The summed E-state index contributed by atoms with van der Waals surface area (Å²) in [6.45, 7) is 12.8. The Morgan fingerprint density at radius 2 is 1.62 bits per heavy atom. The molecule has 0 bridgehead atoms. The van der Waals surface area contributed by atoms with Crippen LogP contribution in [0.4, 0.5) is 4.79 Å². The molecule has 6 amide bonds. The van der Waals surface area contributed by atoms with Gasteiger partial charge < -0.3 is 31.1 Å². The van der Waals surface area contributed by atoms with E-state index in [1.165, 1.54) is 6.08 Å². The van der Waals surface area contributed by atoms with Gasteiger partial charge in [-0.3, -0.25) is 24.0 Å². The number of hydrogen-bond donors (Lipinski definition) is 4. The van der Waals surface area contributed by atoms with E-state index in [2.05, 4.69) is 41.7 Å². The molecule has 1 aliphatic carbocycles. The summed E-state index contributed by atoms with van der Waals surface area (Å²) in [5.74, 6) is -2.78. The molecule has 2 aliphatic heterocycles. The molecular weight excluding hydrogens is 636 g/mol. The van der Waals surface area contributed by atoms with Crippen molar-refractivity contribution in [2.45, 2.75) is 110 Å². The van der Waals surface area contributed by atoms with Crippen molar-refractivity contribution in [2.75, 3.05) is 19.6 Å². The highest BCUT2D eigenvalue weighted by atomic mass is 16.2. The lowest BCUT2D eigenvalue weighted by Crippen LogP contribution is -2.59. The van der Waals surface area contributed by atoms with Gasteiger partial charge in [-0.05, 0) is 54.1 Å². The average molecular weight is 693 g/mol. The summed E-state index contributed by atoms with van der Waals surface area (Å²) in [5, 5.41) is 10.9. The molecular formula is C38H56N6O6. The molecule has 0 spiro atoms. The van der Waals surface area contributed by atoms with Crippen molar-refractivity contribution in [2.24, 2.45) is 23.7 Å². The standard InChI is InChI=1S/C38H56N6O6/c1-6-8-18-30(34(46)36(48)39-19-7-2)41-35(47)33-25(5)29(24(3)4)23-44(33)37(49)32(26-14-10-9-11-15-26)42-38(50)40-20-31(45)43-21-27-16-12-13-17-28(27)22-43/h7,12-13,16-17,24-26,29-30,32-33H,2,6,8-11,14-15,18-23H2,1,3-5H3,(H,39,48)(H,41,47)(H2,40,42,50)/t25?,29-,30?,32?,33?/m1/s1. The largest absolute Gasteiger partial charge is 0.346 e. The summed E-state index contributed by atoms with van der Waals surface area (Å²) < 4.78 is 0. The molecule has 12 heteroatoms. The van der Waals surface area contributed by atoms with E-state index in [4.69, 9.17) is 0 Å². The Morgan fingerprint density at radius 3 is 2.22 bits per heavy atom. The molecule has 2 fully saturated rings. The average Bonchev–Trinajstić information content (AvgIpc) is 3.71. The molecule has 50 heavy (non-hydrogen) atoms. The molecule has 1 saturated carbocycles. The molecule has 3 aliphatic rings. The van der Waals surface area contributed by atoms with Crippen LogP contribution in [0, 0.1) is 23.7 Å². The van der Waals surface area contributed by atoms with Gasteiger partial charge in [-0.25, -0.2) is 4.79 Å². The molecule has 12 nitrogen and oxygen atoms in total. The van der Waals surface area contributed by atoms with Crippen molar-refractivity contribution < 1.29 is 28.8 Å². The van der Waals surface area contributed by atoms with Crippen LogP contribution >= 0.6 is 0 Å². The lowest BCUT2D eigenvalue weighted by molar-refractivity contribution is -0.144. The zero-order valence-electron chi connectivity index (χ0n) is 30.2. The van der Waals surface area contributed by atoms with E-state index < -0.39 is 41.8 Å². The molecule has 1 aromatic carbocycles. The fourth-order valence-electron chi connectivity index (χ4n) is 7.79. The monoisotopic (exact) mass is 692 g/mol. The molecule has 4 rings (SSSR count). The van der Waals surface area contributed by atoms with Crippen LogP contribution in [0.1, 0.15) is 90.2 Å². The highest BCUT2D eigenvalue weighted by Crippen LogP contribution is 2.37. The molecule has 4 N–H and O–H groups in total. The number of amides is 6. The fourth-order valence-corrected chi connectivity index (χ4v) is 7.79. The summed E-state index contributed by atoms with van der Waals surface area (Å²) >= 11 is 0. The van der Waals surface area contributed by atoms with E-state index in [1.807, 2.05) is 38.1 Å². The van der Waals surface area contributed by atoms with E-state index in [-0.39, 0.29) is 48.6 Å². The summed E-state index contributed by atoms with van der Waals surface area (Å²) in [6.07, 6.45) is 7.56. The number of ketones is 1. The van der Waals surface area contributed by atoms with Crippen molar-refractivity contribution in [1.29, 1.82) is 0 Å². The maximum Gasteiger partial charge on any atom is 0.315 e. The smallest absolute Gasteiger partial charge is 0.315 e. The normalized spacial score (nSPS) is 21.6. The van der Waals surface area contributed by atoms with Gasteiger partial charge in [-0.1, -0.05) is 90.1 Å². The van der Waals surface area contributed by atoms with E-state index in [0.29, 0.717) is 32.5 Å². The number of Topliss-reactive ketones (excluding diaryl/α,β-unsaturated/α-hetero) is 1. The molecule has 1 aromatic rings. The Balaban J connectivity index is 1.50. The Morgan fingerprint density at radius 1 is 0.960 bits per heavy atom. The first-order valence-electron chi connectivity index (χ1n) is 18.4. The predicted octanol–water partition coefficient (Wildman–Crippen LogP) is 3.44. The maximum absolute atomic E-state index is 14.6. The zero-order chi connectivity index (χ0) is 36.4. The Kier molecular flexibility index (Phi) is 14.0. The number of likely N-dealkylation sites (tertiary alicyclic amines) is 1. The first-order chi connectivity index (χ1) is 24.0. The first-order valence-corrected chi connectivity index (χ1v) is 18.4. The van der Waals surface area contributed by atoms with Crippen molar-refractivity contribution in [3.8, 4) is 0 Å². The third-order valence-corrected chi connectivity index (χ3v) is 10.7. The number of hydrogen-bond acceptors (Lipinski definition) is 6. The highest BCUT2D eigenvalue weighted by molar-refractivity contribution is 6.38. The topological polar surface area (TPSA) is 157 Å². The lowest BCUT2D eigenvalue weighted by Gasteiger charge is -2.35. The predicted molar refractivity (Wildman–Crippen MR) is 190 cm³/mol. The fraction of sp³-hybridized carbons (Fsp3) is 0.632. The SMILES string of the molecule is C=CCNC(=O)C(=O)C(CCCC)NC(=O)C1C(C)[C@@H](C(C)C)CN1C(=O)C(NC(=O)NCC(=O)N1Cc2ccccc2C1)C1CCCCC1. The highest BCUT2D eigenvalue weighted by Gasteiger charge is 2.49. The van der Waals surface area contributed by atoms with E-state index in [0.717, 1.165) is 49.7 Å². The van der Waals surface area contributed by atoms with Crippen LogP contribution in [0.5, 0.6) is 0 Å². The van der Waals surface area contributed by atoms with Crippen LogP contribution in [0.25, 0.3) is 0 Å². The Bertz CT molecular complexity index is 1380. The zero-order valence-corrected chi connectivity index (χ0v) is 30.2. The first kappa shape index (κ1) is 38.6. The number of urea groups is 1. The molecule has 2 heterocycles. The van der Waals surface area contributed by atoms with Gasteiger partial charge in [0, 0.05) is 26.2 Å². The number of rotatable bonds is 15. The van der Waals surface area contributed by atoms with Crippen LogP contribution in [0.2, 0.25) is 0 Å². The number of unbranched alkanes of at least 4 members (excludes halogenated alkanes) is 1. The molecule has 0 aromatic heterocycles. The van der Waals surface area contributed by atoms with E-state index in [1.54, 1.807) is 9.80 Å². The third-order valence-electron chi connectivity index (χ3n) is 10.7. The van der Waals surface area contributed by atoms with Gasteiger partial charge >= 0.3 is 6.03 Å². The van der Waals surface area contributed by atoms with E-state index >= 15 is 0 Å². The summed E-state index contributed by atoms with van der Waals surface area (Å²) in [4.78, 5) is 84.0. The van der Waals surface area contributed by atoms with Gasteiger partial charge in [0.05, 0.1) is 12.6 Å². The van der Waals surface area contributed by atoms with E-state index in [9.17, 15) is 28.8 Å². The van der Waals surface area contributed by atoms with Gasteiger partial charge in [-0.2, -0.15) is 0 Å². The lowest BCUT2D eigenvalue weighted by atomic mass is 9.83. The van der Waals surface area contributed by atoms with Crippen molar-refractivity contribution in [3.63, 3.8) is 0 Å². The van der Waals surface area contributed by atoms with Crippen LogP contribution in [0.3, 0.4) is 0 Å². The molecule has 4 unspecified atom stereocenters. The van der Waals surface area contributed by atoms with Crippen LogP contribution in [-0.4, -0.2) is 83.0 Å². The molecule has 1 saturated heterocycles.